The van der Waals surface area contributed by atoms with Crippen molar-refractivity contribution < 1.29 is 14.4 Å². The van der Waals surface area contributed by atoms with Gasteiger partial charge in [-0.3, -0.25) is 9.59 Å². The van der Waals surface area contributed by atoms with Crippen molar-refractivity contribution in [3.8, 4) is 0 Å². The number of carbonyl (C=O) groups is 3. The molecule has 2 N–H and O–H groups in total. The van der Waals surface area contributed by atoms with E-state index in [2.05, 4.69) is 10.6 Å². The van der Waals surface area contributed by atoms with Crippen LogP contribution in [0.25, 0.3) is 0 Å². The summed E-state index contributed by atoms with van der Waals surface area (Å²) in [6.07, 6.45) is 3.34. The lowest BCUT2D eigenvalue weighted by Gasteiger charge is -2.33. The second-order valence-corrected chi connectivity index (χ2v) is 7.75. The molecule has 0 bridgehead atoms. The average Bonchev–Trinajstić information content (AvgIpc) is 3.29. The molecule has 1 saturated heterocycles. The Balaban J connectivity index is 1.54. The summed E-state index contributed by atoms with van der Waals surface area (Å²) >= 11 is 1.36. The molecular formula is C17H24N4O3S. The standard InChI is InChI=1S/C17H24N4O3S/c1-20(2)17(24)21-8-5-11(6-9-21)14(22)19-16-13(7-10-25-16)15(23)18-12-3-4-12/h7,10-12H,3-6,8-9H2,1-2H3,(H,18,23)(H,19,22). The summed E-state index contributed by atoms with van der Waals surface area (Å²) in [7, 11) is 3.46. The van der Waals surface area contributed by atoms with Gasteiger partial charge in [-0.2, -0.15) is 0 Å². The Morgan fingerprint density at radius 2 is 1.84 bits per heavy atom. The second kappa shape index (κ2) is 7.43. The number of amides is 4. The first-order valence-corrected chi connectivity index (χ1v) is 9.49. The summed E-state index contributed by atoms with van der Waals surface area (Å²) in [6, 6.07) is 2.02. The maximum Gasteiger partial charge on any atom is 0.319 e. The molecule has 4 amide bonds. The first-order valence-electron chi connectivity index (χ1n) is 8.61. The summed E-state index contributed by atoms with van der Waals surface area (Å²) in [4.78, 5) is 40.0. The maximum atomic E-state index is 12.5. The minimum absolute atomic E-state index is 0.0175. The quantitative estimate of drug-likeness (QED) is 0.857. The predicted octanol–water partition coefficient (Wildman–Crippen LogP) is 1.97. The van der Waals surface area contributed by atoms with Crippen molar-refractivity contribution in [2.24, 2.45) is 5.92 Å². The lowest BCUT2D eigenvalue weighted by atomic mass is 9.96. The molecule has 2 fully saturated rings. The van der Waals surface area contributed by atoms with E-state index in [9.17, 15) is 14.4 Å². The molecule has 7 nitrogen and oxygen atoms in total. The van der Waals surface area contributed by atoms with Gasteiger partial charge < -0.3 is 20.4 Å². The minimum Gasteiger partial charge on any atom is -0.349 e. The number of hydrogen-bond acceptors (Lipinski definition) is 4. The van der Waals surface area contributed by atoms with Crippen LogP contribution in [-0.4, -0.2) is 60.9 Å². The zero-order chi connectivity index (χ0) is 18.0. The van der Waals surface area contributed by atoms with Crippen molar-refractivity contribution >= 4 is 34.2 Å². The van der Waals surface area contributed by atoms with Crippen LogP contribution >= 0.6 is 11.3 Å². The number of urea groups is 1. The normalized spacial score (nSPS) is 17.9. The number of anilines is 1. The molecule has 25 heavy (non-hydrogen) atoms. The van der Waals surface area contributed by atoms with Gasteiger partial charge in [-0.25, -0.2) is 4.79 Å². The van der Waals surface area contributed by atoms with E-state index in [4.69, 9.17) is 0 Å². The van der Waals surface area contributed by atoms with Crippen molar-refractivity contribution in [3.05, 3.63) is 17.0 Å². The van der Waals surface area contributed by atoms with Crippen LogP contribution in [-0.2, 0) is 4.79 Å². The van der Waals surface area contributed by atoms with Gasteiger partial charge in [-0.15, -0.1) is 11.3 Å². The summed E-state index contributed by atoms with van der Waals surface area (Å²) < 4.78 is 0. The summed E-state index contributed by atoms with van der Waals surface area (Å²) in [5.41, 5.74) is 0.533. The largest absolute Gasteiger partial charge is 0.349 e. The van der Waals surface area contributed by atoms with Gasteiger partial charge in [0.05, 0.1) is 5.56 Å². The Hall–Kier alpha value is -2.09. The van der Waals surface area contributed by atoms with Crippen LogP contribution in [0.2, 0.25) is 0 Å². The van der Waals surface area contributed by atoms with E-state index < -0.39 is 0 Å². The van der Waals surface area contributed by atoms with E-state index in [0.29, 0.717) is 36.5 Å². The highest BCUT2D eigenvalue weighted by atomic mass is 32.1. The lowest BCUT2D eigenvalue weighted by Crippen LogP contribution is -2.45. The van der Waals surface area contributed by atoms with E-state index in [1.807, 2.05) is 5.38 Å². The van der Waals surface area contributed by atoms with Gasteiger partial charge in [0.25, 0.3) is 5.91 Å². The predicted molar refractivity (Wildman–Crippen MR) is 96.8 cm³/mol. The first-order chi connectivity index (χ1) is 12.0. The summed E-state index contributed by atoms with van der Waals surface area (Å²) in [6.45, 7) is 1.16. The Labute approximate surface area is 151 Å². The van der Waals surface area contributed by atoms with Crippen LogP contribution in [0, 0.1) is 5.92 Å². The van der Waals surface area contributed by atoms with Crippen LogP contribution < -0.4 is 10.6 Å². The number of piperidine rings is 1. The highest BCUT2D eigenvalue weighted by molar-refractivity contribution is 7.14. The zero-order valence-electron chi connectivity index (χ0n) is 14.6. The van der Waals surface area contributed by atoms with Crippen molar-refractivity contribution in [2.75, 3.05) is 32.5 Å². The van der Waals surface area contributed by atoms with Gasteiger partial charge in [-0.1, -0.05) is 0 Å². The van der Waals surface area contributed by atoms with Crippen LogP contribution in [0.3, 0.4) is 0 Å². The van der Waals surface area contributed by atoms with Gasteiger partial charge in [0.1, 0.15) is 5.00 Å². The number of carbonyl (C=O) groups excluding carboxylic acids is 3. The number of nitrogens with zero attached hydrogens (tertiary/aromatic N) is 2. The molecular weight excluding hydrogens is 340 g/mol. The Kier molecular flexibility index (Phi) is 5.27. The van der Waals surface area contributed by atoms with Crippen LogP contribution in [0.1, 0.15) is 36.0 Å². The van der Waals surface area contributed by atoms with E-state index in [0.717, 1.165) is 12.8 Å². The number of thiophene rings is 1. The van der Waals surface area contributed by atoms with Gasteiger partial charge in [0.2, 0.25) is 5.91 Å². The molecule has 1 aromatic rings. The van der Waals surface area contributed by atoms with Gasteiger partial charge in [0, 0.05) is 39.1 Å². The van der Waals surface area contributed by atoms with Crippen molar-refractivity contribution in [2.45, 2.75) is 31.7 Å². The van der Waals surface area contributed by atoms with Crippen LogP contribution in [0.15, 0.2) is 11.4 Å². The van der Waals surface area contributed by atoms with E-state index >= 15 is 0 Å². The fourth-order valence-electron chi connectivity index (χ4n) is 2.91. The Morgan fingerprint density at radius 1 is 1.16 bits per heavy atom. The van der Waals surface area contributed by atoms with Crippen LogP contribution in [0.5, 0.6) is 0 Å². The van der Waals surface area contributed by atoms with E-state index in [-0.39, 0.29) is 29.8 Å². The van der Waals surface area contributed by atoms with Crippen molar-refractivity contribution in [3.63, 3.8) is 0 Å². The molecule has 3 rings (SSSR count). The fourth-order valence-corrected chi connectivity index (χ4v) is 3.69. The Morgan fingerprint density at radius 3 is 2.44 bits per heavy atom. The molecule has 2 aliphatic rings. The number of rotatable bonds is 4. The summed E-state index contributed by atoms with van der Waals surface area (Å²) in [5.74, 6) is -0.321. The molecule has 0 radical (unpaired) electrons. The molecule has 1 aliphatic heterocycles. The van der Waals surface area contributed by atoms with E-state index in [1.165, 1.54) is 11.3 Å². The third-order valence-corrected chi connectivity index (χ3v) is 5.41. The molecule has 0 spiro atoms. The summed E-state index contributed by atoms with van der Waals surface area (Å²) in [5, 5.41) is 8.27. The highest BCUT2D eigenvalue weighted by Crippen LogP contribution is 2.27. The minimum atomic E-state index is -0.132. The molecule has 0 unspecified atom stereocenters. The SMILES string of the molecule is CN(C)C(=O)N1CCC(C(=O)Nc2sccc2C(=O)NC2CC2)CC1. The molecule has 2 heterocycles. The highest BCUT2D eigenvalue weighted by Gasteiger charge is 2.29. The lowest BCUT2D eigenvalue weighted by molar-refractivity contribution is -0.121. The molecule has 1 aromatic heterocycles. The number of likely N-dealkylation sites (tertiary alicyclic amines) is 1. The molecule has 1 aliphatic carbocycles. The average molecular weight is 364 g/mol. The zero-order valence-corrected chi connectivity index (χ0v) is 15.4. The van der Waals surface area contributed by atoms with Crippen LogP contribution in [0.4, 0.5) is 9.80 Å². The smallest absolute Gasteiger partial charge is 0.319 e. The first kappa shape index (κ1) is 17.7. The topological polar surface area (TPSA) is 81.8 Å². The third-order valence-electron chi connectivity index (χ3n) is 4.58. The fraction of sp³-hybridized carbons (Fsp3) is 0.588. The molecule has 1 saturated carbocycles. The number of nitrogens with one attached hydrogen (secondary N) is 2. The molecule has 0 aromatic carbocycles. The Bertz CT molecular complexity index is 661. The second-order valence-electron chi connectivity index (χ2n) is 6.84. The van der Waals surface area contributed by atoms with Gasteiger partial charge >= 0.3 is 6.03 Å². The monoisotopic (exact) mass is 364 g/mol. The van der Waals surface area contributed by atoms with E-state index in [1.54, 1.807) is 30.0 Å². The van der Waals surface area contributed by atoms with Crippen molar-refractivity contribution in [1.82, 2.24) is 15.1 Å². The third kappa shape index (κ3) is 4.31. The molecule has 0 atom stereocenters. The number of hydrogen-bond donors (Lipinski definition) is 2. The molecule has 136 valence electrons. The maximum absolute atomic E-state index is 12.5. The van der Waals surface area contributed by atoms with Gasteiger partial charge in [-0.05, 0) is 37.1 Å². The van der Waals surface area contributed by atoms with Crippen molar-refractivity contribution in [1.29, 1.82) is 0 Å². The molecule has 8 heteroatoms. The van der Waals surface area contributed by atoms with Gasteiger partial charge in [0.15, 0.2) is 0 Å².